The van der Waals surface area contributed by atoms with Gasteiger partial charge in [-0.2, -0.15) is 4.31 Å². The summed E-state index contributed by atoms with van der Waals surface area (Å²) in [6.07, 6.45) is 2.95. The van der Waals surface area contributed by atoms with Crippen LogP contribution in [-0.4, -0.2) is 57.0 Å². The van der Waals surface area contributed by atoms with Crippen LogP contribution in [0, 0.1) is 6.92 Å². The number of hydrogen-bond donors (Lipinski definition) is 1. The lowest BCUT2D eigenvalue weighted by atomic mass is 10.2. The first-order chi connectivity index (χ1) is 18.3. The molecule has 1 fully saturated rings. The molecule has 0 spiro atoms. The molecule has 0 aliphatic carbocycles. The van der Waals surface area contributed by atoms with Gasteiger partial charge in [0.05, 0.1) is 30.5 Å². The van der Waals surface area contributed by atoms with E-state index < -0.39 is 10.0 Å². The van der Waals surface area contributed by atoms with Crippen molar-refractivity contribution in [3.05, 3.63) is 77.9 Å². The van der Waals surface area contributed by atoms with Gasteiger partial charge in [0.2, 0.25) is 15.9 Å². The van der Waals surface area contributed by atoms with E-state index in [1.54, 1.807) is 29.5 Å². The van der Waals surface area contributed by atoms with E-state index in [0.717, 1.165) is 20.8 Å². The zero-order valence-electron chi connectivity index (χ0n) is 21.0. The van der Waals surface area contributed by atoms with Crippen molar-refractivity contribution in [3.8, 4) is 16.3 Å². The third-order valence-electron chi connectivity index (χ3n) is 6.15. The summed E-state index contributed by atoms with van der Waals surface area (Å²) in [7, 11) is -2.33. The number of carbonyl (C=O) groups excluding carboxylic acids is 1. The van der Waals surface area contributed by atoms with Crippen LogP contribution in [0.4, 0.5) is 5.69 Å². The number of morpholine rings is 1. The summed E-state index contributed by atoms with van der Waals surface area (Å²) in [5.41, 5.74) is 4.35. The summed E-state index contributed by atoms with van der Waals surface area (Å²) in [5.74, 6) is -0.0805. The summed E-state index contributed by atoms with van der Waals surface area (Å²) in [6, 6.07) is 18.5. The number of aromatic nitrogens is 1. The molecule has 0 saturated carbocycles. The smallest absolute Gasteiger partial charge is 0.248 e. The summed E-state index contributed by atoms with van der Waals surface area (Å²) in [4.78, 5) is 17.3. The molecule has 0 bridgehead atoms. The number of anilines is 1. The Hall–Kier alpha value is -3.57. The molecule has 10 heteroatoms. The van der Waals surface area contributed by atoms with E-state index in [1.807, 2.05) is 36.4 Å². The first-order valence-electron chi connectivity index (χ1n) is 12.1. The van der Waals surface area contributed by atoms with E-state index >= 15 is 0 Å². The number of sulfonamides is 1. The Labute approximate surface area is 225 Å². The van der Waals surface area contributed by atoms with E-state index in [2.05, 4.69) is 18.3 Å². The SMILES string of the molecule is COc1ccc(C=CC(=O)Nc2ccc(-c3nc4ccc(C)cc4s3)cc2)cc1S(=O)(=O)N1CCOCC1. The molecular formula is C28H27N3O5S2. The van der Waals surface area contributed by atoms with Gasteiger partial charge in [0.25, 0.3) is 0 Å². The number of amides is 1. The molecule has 2 heterocycles. The van der Waals surface area contributed by atoms with Gasteiger partial charge in [0.15, 0.2) is 0 Å². The van der Waals surface area contributed by atoms with Gasteiger partial charge in [-0.15, -0.1) is 11.3 Å². The highest BCUT2D eigenvalue weighted by Gasteiger charge is 2.29. The number of nitrogens with one attached hydrogen (secondary N) is 1. The van der Waals surface area contributed by atoms with E-state index in [-0.39, 0.29) is 29.6 Å². The molecule has 3 aromatic carbocycles. The number of benzene rings is 3. The van der Waals surface area contributed by atoms with Gasteiger partial charge in [-0.3, -0.25) is 4.79 Å². The third kappa shape index (κ3) is 5.63. The lowest BCUT2D eigenvalue weighted by molar-refractivity contribution is -0.111. The Morgan fingerprint density at radius 3 is 2.58 bits per heavy atom. The van der Waals surface area contributed by atoms with Gasteiger partial charge in [-0.25, -0.2) is 13.4 Å². The molecule has 5 rings (SSSR count). The van der Waals surface area contributed by atoms with Crippen molar-refractivity contribution in [2.24, 2.45) is 0 Å². The number of rotatable bonds is 7. The maximum atomic E-state index is 13.2. The highest BCUT2D eigenvalue weighted by molar-refractivity contribution is 7.89. The number of thiazole rings is 1. The largest absolute Gasteiger partial charge is 0.495 e. The van der Waals surface area contributed by atoms with Crippen molar-refractivity contribution in [3.63, 3.8) is 0 Å². The predicted octanol–water partition coefficient (Wildman–Crippen LogP) is 4.95. The topological polar surface area (TPSA) is 97.8 Å². The maximum absolute atomic E-state index is 13.2. The van der Waals surface area contributed by atoms with Crippen molar-refractivity contribution in [1.82, 2.24) is 9.29 Å². The molecular weight excluding hydrogens is 522 g/mol. The minimum absolute atomic E-state index is 0.0602. The van der Waals surface area contributed by atoms with Gasteiger partial charge >= 0.3 is 0 Å². The molecule has 1 saturated heterocycles. The highest BCUT2D eigenvalue weighted by Crippen LogP contribution is 2.32. The number of nitrogens with zero attached hydrogens (tertiary/aromatic N) is 2. The normalized spacial score (nSPS) is 14.7. The lowest BCUT2D eigenvalue weighted by Gasteiger charge is -2.26. The van der Waals surface area contributed by atoms with Crippen molar-refractivity contribution in [2.75, 3.05) is 38.7 Å². The van der Waals surface area contributed by atoms with Gasteiger partial charge in [0, 0.05) is 30.4 Å². The Balaban J connectivity index is 1.28. The van der Waals surface area contributed by atoms with E-state index in [9.17, 15) is 13.2 Å². The van der Waals surface area contributed by atoms with Crippen LogP contribution in [0.2, 0.25) is 0 Å². The molecule has 38 heavy (non-hydrogen) atoms. The second kappa shape index (κ2) is 11.0. The van der Waals surface area contributed by atoms with Crippen LogP contribution in [0.25, 0.3) is 26.9 Å². The molecule has 1 aliphatic heterocycles. The number of ether oxygens (including phenoxy) is 2. The molecule has 1 aromatic heterocycles. The molecule has 196 valence electrons. The Morgan fingerprint density at radius 2 is 1.84 bits per heavy atom. The number of carbonyl (C=O) groups is 1. The first kappa shape index (κ1) is 26.1. The van der Waals surface area contributed by atoms with Crippen LogP contribution in [0.15, 0.2) is 71.6 Å². The molecule has 8 nitrogen and oxygen atoms in total. The van der Waals surface area contributed by atoms with E-state index in [4.69, 9.17) is 14.5 Å². The molecule has 1 amide bonds. The van der Waals surface area contributed by atoms with Gasteiger partial charge in [-0.1, -0.05) is 12.1 Å². The second-order valence-electron chi connectivity index (χ2n) is 8.82. The zero-order chi connectivity index (χ0) is 26.7. The van der Waals surface area contributed by atoms with E-state index in [0.29, 0.717) is 24.5 Å². The van der Waals surface area contributed by atoms with Crippen LogP contribution >= 0.6 is 11.3 Å². The van der Waals surface area contributed by atoms with E-state index in [1.165, 1.54) is 29.1 Å². The number of hydrogen-bond acceptors (Lipinski definition) is 7. The molecule has 0 unspecified atom stereocenters. The van der Waals surface area contributed by atoms with Crippen LogP contribution in [0.1, 0.15) is 11.1 Å². The average molecular weight is 550 g/mol. The first-order valence-corrected chi connectivity index (χ1v) is 14.3. The molecule has 1 aliphatic rings. The average Bonchev–Trinajstić information content (AvgIpc) is 3.36. The fraction of sp³-hybridized carbons (Fsp3) is 0.214. The van der Waals surface area contributed by atoms with Gasteiger partial charge in [-0.05, 0) is 72.7 Å². The fourth-order valence-electron chi connectivity index (χ4n) is 4.13. The van der Waals surface area contributed by atoms with Crippen molar-refractivity contribution >= 4 is 49.2 Å². The number of methoxy groups -OCH3 is 1. The molecule has 4 aromatic rings. The summed E-state index contributed by atoms with van der Waals surface area (Å²) in [6.45, 7) is 3.33. The summed E-state index contributed by atoms with van der Waals surface area (Å²) < 4.78 is 39.5. The highest BCUT2D eigenvalue weighted by atomic mass is 32.2. The van der Waals surface area contributed by atoms with Crippen LogP contribution in [0.3, 0.4) is 0 Å². The van der Waals surface area contributed by atoms with Crippen LogP contribution in [-0.2, 0) is 19.6 Å². The minimum Gasteiger partial charge on any atom is -0.495 e. The molecule has 0 radical (unpaired) electrons. The van der Waals surface area contributed by atoms with Gasteiger partial charge in [0.1, 0.15) is 15.7 Å². The fourth-order valence-corrected chi connectivity index (χ4v) is 6.80. The standard InChI is InChI=1S/C28H27N3O5S2/c1-19-3-10-23-25(17-19)37-28(30-23)21-6-8-22(9-7-21)29-27(32)12-5-20-4-11-24(35-2)26(18-20)38(33,34)31-13-15-36-16-14-31/h3-12,17-18H,13-16H2,1-2H3,(H,29,32). The number of fused-ring (bicyclic) bond motifs is 1. The lowest BCUT2D eigenvalue weighted by Crippen LogP contribution is -2.40. The Bertz CT molecular complexity index is 1610. The zero-order valence-corrected chi connectivity index (χ0v) is 22.6. The van der Waals surface area contributed by atoms with Crippen molar-refractivity contribution in [2.45, 2.75) is 11.8 Å². The maximum Gasteiger partial charge on any atom is 0.248 e. The van der Waals surface area contributed by atoms with Crippen molar-refractivity contribution < 1.29 is 22.7 Å². The molecule has 0 atom stereocenters. The Morgan fingerprint density at radius 1 is 1.08 bits per heavy atom. The van der Waals surface area contributed by atoms with Crippen LogP contribution < -0.4 is 10.1 Å². The predicted molar refractivity (Wildman–Crippen MR) is 150 cm³/mol. The quantitative estimate of drug-likeness (QED) is 0.328. The third-order valence-corrected chi connectivity index (χ3v) is 9.13. The summed E-state index contributed by atoms with van der Waals surface area (Å²) >= 11 is 1.63. The van der Waals surface area contributed by atoms with Gasteiger partial charge < -0.3 is 14.8 Å². The Kier molecular flexibility index (Phi) is 7.57. The molecule has 1 N–H and O–H groups in total. The van der Waals surface area contributed by atoms with Crippen LogP contribution in [0.5, 0.6) is 5.75 Å². The summed E-state index contributed by atoms with van der Waals surface area (Å²) in [5, 5.41) is 3.76. The van der Waals surface area contributed by atoms with Crippen molar-refractivity contribution in [1.29, 1.82) is 0 Å². The monoisotopic (exact) mass is 549 g/mol. The minimum atomic E-state index is -3.76. The number of aryl methyl sites for hydroxylation is 1. The second-order valence-corrected chi connectivity index (χ2v) is 11.8.